The van der Waals surface area contributed by atoms with Crippen molar-refractivity contribution in [1.29, 1.82) is 0 Å². The van der Waals surface area contributed by atoms with E-state index in [4.69, 9.17) is 14.3 Å². The minimum Gasteiger partial charge on any atom is -0.508 e. The Morgan fingerprint density at radius 1 is 1.24 bits per heavy atom. The topological polar surface area (TPSA) is 89.4 Å². The lowest BCUT2D eigenvalue weighted by Gasteiger charge is -2.11. The largest absolute Gasteiger partial charge is 0.508 e. The van der Waals surface area contributed by atoms with E-state index in [-0.39, 0.29) is 11.7 Å². The number of nitrogens with zero attached hydrogens (tertiary/aromatic N) is 1. The second-order valence-electron chi connectivity index (χ2n) is 5.44. The number of phenolic OH excluding ortho intramolecular Hbond substituents is 1. The monoisotopic (exact) mass is 342 g/mol. The summed E-state index contributed by atoms with van der Waals surface area (Å²) in [6, 6.07) is 11.7. The summed E-state index contributed by atoms with van der Waals surface area (Å²) >= 11 is 0. The van der Waals surface area contributed by atoms with Gasteiger partial charge in [-0.1, -0.05) is 11.2 Å². The number of methoxy groups -OCH3 is 2. The lowest BCUT2D eigenvalue weighted by Crippen LogP contribution is -2.28. The fourth-order valence-corrected chi connectivity index (χ4v) is 2.52. The first-order chi connectivity index (χ1) is 12.1. The van der Waals surface area contributed by atoms with Gasteiger partial charge in [-0.25, -0.2) is 0 Å². The second-order valence-corrected chi connectivity index (χ2v) is 5.44. The molecule has 0 aliphatic carbocycles. The van der Waals surface area contributed by atoms with Crippen LogP contribution in [0.3, 0.4) is 0 Å². The molecule has 2 aromatic carbocycles. The molecule has 1 heterocycles. The Hall–Kier alpha value is -3.22. The third-order valence-electron chi connectivity index (χ3n) is 3.79. The Kier molecular flexibility index (Phi) is 4.74. The minimum absolute atomic E-state index is 0.0724. The zero-order valence-electron chi connectivity index (χ0n) is 13.9. The number of ether oxygens (including phenoxy) is 2. The van der Waals surface area contributed by atoms with Crippen molar-refractivity contribution in [3.63, 3.8) is 0 Å². The number of phenols is 1. The van der Waals surface area contributed by atoms with Crippen LogP contribution in [-0.2, 0) is 9.63 Å². The van der Waals surface area contributed by atoms with Crippen molar-refractivity contribution in [3.8, 4) is 17.2 Å². The van der Waals surface area contributed by atoms with Crippen LogP contribution in [-0.4, -0.2) is 37.0 Å². The van der Waals surface area contributed by atoms with Gasteiger partial charge in [-0.3, -0.25) is 4.79 Å². The Labute approximate surface area is 144 Å². The molecule has 1 aliphatic heterocycles. The number of benzene rings is 2. The number of nitrogens with one attached hydrogen (secondary N) is 1. The van der Waals surface area contributed by atoms with Crippen LogP contribution in [0.2, 0.25) is 0 Å². The van der Waals surface area contributed by atoms with Crippen molar-refractivity contribution >= 4 is 17.3 Å². The van der Waals surface area contributed by atoms with Gasteiger partial charge in [0.05, 0.1) is 19.9 Å². The standard InChI is InChI=1S/C18H18N2O5/c1-23-13-6-7-16(24-2)14(9-13)15-10-17(25-20-15)18(22)19-11-4-3-5-12(21)8-11/h3-9,17,21H,10H2,1-2H3,(H,19,22)/t17-/m1/s1. The first kappa shape index (κ1) is 16.6. The Morgan fingerprint density at radius 2 is 2.08 bits per heavy atom. The number of aromatic hydroxyl groups is 1. The predicted molar refractivity (Wildman–Crippen MR) is 92.3 cm³/mol. The third kappa shape index (κ3) is 3.65. The SMILES string of the molecule is COc1ccc(OC)c(C2=NO[C@@H](C(=O)Nc3cccc(O)c3)C2)c1. The van der Waals surface area contributed by atoms with Crippen molar-refractivity contribution in [3.05, 3.63) is 48.0 Å². The molecule has 1 amide bonds. The third-order valence-corrected chi connectivity index (χ3v) is 3.79. The maximum Gasteiger partial charge on any atom is 0.268 e. The predicted octanol–water partition coefficient (Wildman–Crippen LogP) is 2.54. The number of carbonyl (C=O) groups excluding carboxylic acids is 1. The zero-order chi connectivity index (χ0) is 17.8. The molecule has 3 rings (SSSR count). The second kappa shape index (κ2) is 7.12. The van der Waals surface area contributed by atoms with Crippen LogP contribution in [0.1, 0.15) is 12.0 Å². The van der Waals surface area contributed by atoms with Gasteiger partial charge in [0, 0.05) is 23.7 Å². The van der Waals surface area contributed by atoms with Gasteiger partial charge in [-0.2, -0.15) is 0 Å². The highest BCUT2D eigenvalue weighted by molar-refractivity contribution is 6.07. The number of oxime groups is 1. The van der Waals surface area contributed by atoms with E-state index in [0.29, 0.717) is 29.3 Å². The molecule has 7 heteroatoms. The van der Waals surface area contributed by atoms with Gasteiger partial charge < -0.3 is 24.7 Å². The summed E-state index contributed by atoms with van der Waals surface area (Å²) in [6.45, 7) is 0. The highest BCUT2D eigenvalue weighted by atomic mass is 16.6. The molecular weight excluding hydrogens is 324 g/mol. The number of amides is 1. The minimum atomic E-state index is -0.756. The summed E-state index contributed by atoms with van der Waals surface area (Å²) in [6.07, 6.45) is -0.456. The van der Waals surface area contributed by atoms with Gasteiger partial charge in [0.25, 0.3) is 5.91 Å². The molecule has 0 spiro atoms. The Balaban J connectivity index is 1.72. The summed E-state index contributed by atoms with van der Waals surface area (Å²) in [5.41, 5.74) is 1.81. The molecule has 0 saturated heterocycles. The molecule has 0 aromatic heterocycles. The lowest BCUT2D eigenvalue weighted by molar-refractivity contribution is -0.125. The van der Waals surface area contributed by atoms with Crippen molar-refractivity contribution in [2.24, 2.45) is 5.16 Å². The molecule has 130 valence electrons. The van der Waals surface area contributed by atoms with Gasteiger partial charge >= 0.3 is 0 Å². The summed E-state index contributed by atoms with van der Waals surface area (Å²) in [4.78, 5) is 17.6. The molecule has 1 atom stereocenters. The van der Waals surface area contributed by atoms with E-state index in [1.54, 1.807) is 44.6 Å². The van der Waals surface area contributed by atoms with Gasteiger partial charge in [0.2, 0.25) is 6.10 Å². The smallest absolute Gasteiger partial charge is 0.268 e. The summed E-state index contributed by atoms with van der Waals surface area (Å²) in [5, 5.41) is 16.2. The molecule has 0 saturated carbocycles. The Bertz CT molecular complexity index is 819. The van der Waals surface area contributed by atoms with Crippen LogP contribution in [0.25, 0.3) is 0 Å². The molecule has 0 radical (unpaired) electrons. The number of rotatable bonds is 5. The van der Waals surface area contributed by atoms with Gasteiger partial charge in [-0.05, 0) is 30.3 Å². The summed E-state index contributed by atoms with van der Waals surface area (Å²) in [5.74, 6) is 1.01. The molecule has 7 nitrogen and oxygen atoms in total. The average Bonchev–Trinajstić information content (AvgIpc) is 3.11. The highest BCUT2D eigenvalue weighted by Crippen LogP contribution is 2.29. The van der Waals surface area contributed by atoms with Crippen molar-refractivity contribution in [2.75, 3.05) is 19.5 Å². The molecule has 2 aromatic rings. The normalized spacial score (nSPS) is 15.9. The van der Waals surface area contributed by atoms with E-state index in [1.165, 1.54) is 12.1 Å². The molecule has 0 bridgehead atoms. The number of anilines is 1. The number of hydrogen-bond donors (Lipinski definition) is 2. The van der Waals surface area contributed by atoms with Crippen LogP contribution >= 0.6 is 0 Å². The maximum absolute atomic E-state index is 12.3. The Morgan fingerprint density at radius 3 is 2.80 bits per heavy atom. The fraction of sp³-hybridized carbons (Fsp3) is 0.222. The van der Waals surface area contributed by atoms with Gasteiger partial charge in [0.1, 0.15) is 17.2 Å². The average molecular weight is 342 g/mol. The van der Waals surface area contributed by atoms with E-state index in [0.717, 1.165) is 5.56 Å². The molecule has 0 fully saturated rings. The van der Waals surface area contributed by atoms with Crippen molar-refractivity contribution in [2.45, 2.75) is 12.5 Å². The van der Waals surface area contributed by atoms with E-state index in [2.05, 4.69) is 10.5 Å². The number of carbonyl (C=O) groups is 1. The van der Waals surface area contributed by atoms with Crippen LogP contribution in [0.15, 0.2) is 47.6 Å². The van der Waals surface area contributed by atoms with Crippen LogP contribution < -0.4 is 14.8 Å². The van der Waals surface area contributed by atoms with E-state index < -0.39 is 6.10 Å². The fourth-order valence-electron chi connectivity index (χ4n) is 2.52. The molecular formula is C18H18N2O5. The first-order valence-electron chi connectivity index (χ1n) is 7.65. The summed E-state index contributed by atoms with van der Waals surface area (Å²) < 4.78 is 10.6. The number of hydrogen-bond acceptors (Lipinski definition) is 6. The molecule has 2 N–H and O–H groups in total. The first-order valence-corrected chi connectivity index (χ1v) is 7.65. The summed E-state index contributed by atoms with van der Waals surface area (Å²) in [7, 11) is 3.14. The van der Waals surface area contributed by atoms with E-state index in [9.17, 15) is 9.90 Å². The van der Waals surface area contributed by atoms with Crippen LogP contribution in [0.5, 0.6) is 17.2 Å². The van der Waals surface area contributed by atoms with Crippen molar-refractivity contribution < 1.29 is 24.2 Å². The van der Waals surface area contributed by atoms with Crippen molar-refractivity contribution in [1.82, 2.24) is 0 Å². The lowest BCUT2D eigenvalue weighted by atomic mass is 10.0. The van der Waals surface area contributed by atoms with Gasteiger partial charge in [0.15, 0.2) is 0 Å². The van der Waals surface area contributed by atoms with Crippen LogP contribution in [0.4, 0.5) is 5.69 Å². The highest BCUT2D eigenvalue weighted by Gasteiger charge is 2.30. The zero-order valence-corrected chi connectivity index (χ0v) is 13.9. The van der Waals surface area contributed by atoms with Crippen LogP contribution in [0, 0.1) is 0 Å². The van der Waals surface area contributed by atoms with E-state index in [1.807, 2.05) is 0 Å². The molecule has 1 aliphatic rings. The van der Waals surface area contributed by atoms with E-state index >= 15 is 0 Å². The quantitative estimate of drug-likeness (QED) is 0.871. The maximum atomic E-state index is 12.3. The van der Waals surface area contributed by atoms with Gasteiger partial charge in [-0.15, -0.1) is 0 Å². The molecule has 0 unspecified atom stereocenters. The molecule has 25 heavy (non-hydrogen) atoms.